The molecule has 0 aliphatic heterocycles. The molecule has 0 saturated carbocycles. The highest BCUT2D eigenvalue weighted by atomic mass is 19.1. The summed E-state index contributed by atoms with van der Waals surface area (Å²) in [5.74, 6) is -0.506. The second-order valence-electron chi connectivity index (χ2n) is 5.21. The number of amides is 2. The van der Waals surface area contributed by atoms with Crippen LogP contribution in [0.5, 0.6) is 11.5 Å². The Morgan fingerprint density at radius 1 is 1.04 bits per heavy atom. The minimum Gasteiger partial charge on any atom is -0.491 e. The molecule has 0 aliphatic carbocycles. The van der Waals surface area contributed by atoms with Crippen molar-refractivity contribution < 1.29 is 23.5 Å². The topological polar surface area (TPSA) is 90.7 Å². The van der Waals surface area contributed by atoms with Crippen molar-refractivity contribution >= 4 is 17.5 Å². The molecule has 0 heterocycles. The van der Waals surface area contributed by atoms with Gasteiger partial charge in [0.05, 0.1) is 6.61 Å². The lowest BCUT2D eigenvalue weighted by atomic mass is 10.2. The smallest absolute Gasteiger partial charge is 0.255 e. The first-order valence-corrected chi connectivity index (χ1v) is 7.73. The third-order valence-electron chi connectivity index (χ3n) is 3.16. The molecule has 0 unspecified atom stereocenters. The van der Waals surface area contributed by atoms with Gasteiger partial charge in [0.2, 0.25) is 5.91 Å². The number of nitrogens with two attached hydrogens (primary N) is 1. The molecule has 2 amide bonds. The Bertz CT molecular complexity index is 719. The van der Waals surface area contributed by atoms with Crippen molar-refractivity contribution in [1.29, 1.82) is 0 Å². The summed E-state index contributed by atoms with van der Waals surface area (Å²) < 4.78 is 23.8. The normalized spacial score (nSPS) is 10.1. The van der Waals surface area contributed by atoms with Gasteiger partial charge in [0.15, 0.2) is 18.2 Å². The molecular formula is C18H19FN2O4. The van der Waals surface area contributed by atoms with Gasteiger partial charge in [0, 0.05) is 12.1 Å². The van der Waals surface area contributed by atoms with E-state index in [1.165, 1.54) is 12.1 Å². The van der Waals surface area contributed by atoms with Gasteiger partial charge < -0.3 is 20.5 Å². The zero-order valence-corrected chi connectivity index (χ0v) is 13.5. The SMILES string of the molecule is NC(=O)COc1ccc(NC(=O)CCCOc2ccccc2F)cc1. The zero-order chi connectivity index (χ0) is 18.1. The number of carbonyl (C=O) groups excluding carboxylic acids is 2. The predicted molar refractivity (Wildman–Crippen MR) is 90.9 cm³/mol. The van der Waals surface area contributed by atoms with Gasteiger partial charge >= 0.3 is 0 Å². The van der Waals surface area contributed by atoms with E-state index in [-0.39, 0.29) is 31.3 Å². The van der Waals surface area contributed by atoms with Crippen molar-refractivity contribution in [3.63, 3.8) is 0 Å². The molecule has 0 aromatic heterocycles. The average molecular weight is 346 g/mol. The monoisotopic (exact) mass is 346 g/mol. The van der Waals surface area contributed by atoms with Crippen molar-refractivity contribution in [3.05, 3.63) is 54.3 Å². The first kappa shape index (κ1) is 18.3. The maximum Gasteiger partial charge on any atom is 0.255 e. The standard InChI is InChI=1S/C18H19FN2O4/c19-15-4-1-2-5-16(15)24-11-3-6-18(23)21-13-7-9-14(10-8-13)25-12-17(20)22/h1-2,4-5,7-10H,3,6,11-12H2,(H2,20,22)(H,21,23). The second kappa shape index (κ2) is 9.27. The number of ether oxygens (including phenoxy) is 2. The summed E-state index contributed by atoms with van der Waals surface area (Å²) in [6, 6.07) is 12.7. The highest BCUT2D eigenvalue weighted by Gasteiger charge is 2.05. The number of carbonyl (C=O) groups is 2. The van der Waals surface area contributed by atoms with Crippen molar-refractivity contribution in [3.8, 4) is 11.5 Å². The van der Waals surface area contributed by atoms with Gasteiger partial charge in [-0.05, 0) is 42.8 Å². The number of hydrogen-bond acceptors (Lipinski definition) is 4. The molecule has 0 fully saturated rings. The van der Waals surface area contributed by atoms with E-state index in [9.17, 15) is 14.0 Å². The minimum atomic E-state index is -0.560. The second-order valence-corrected chi connectivity index (χ2v) is 5.21. The van der Waals surface area contributed by atoms with Crippen molar-refractivity contribution in [2.24, 2.45) is 5.73 Å². The number of benzene rings is 2. The number of primary amides is 1. The van der Waals surface area contributed by atoms with Gasteiger partial charge in [0.1, 0.15) is 5.75 Å². The Hall–Kier alpha value is -3.09. The summed E-state index contributed by atoms with van der Waals surface area (Å²) in [7, 11) is 0. The summed E-state index contributed by atoms with van der Waals surface area (Å²) in [4.78, 5) is 22.5. The molecule has 25 heavy (non-hydrogen) atoms. The summed E-state index contributed by atoms with van der Waals surface area (Å²) in [6.07, 6.45) is 0.703. The maximum atomic E-state index is 13.4. The van der Waals surface area contributed by atoms with Crippen LogP contribution in [-0.4, -0.2) is 25.0 Å². The first-order valence-electron chi connectivity index (χ1n) is 7.73. The third-order valence-corrected chi connectivity index (χ3v) is 3.16. The number of hydrogen-bond donors (Lipinski definition) is 2. The fourth-order valence-electron chi connectivity index (χ4n) is 1.99. The average Bonchev–Trinajstić information content (AvgIpc) is 2.59. The Labute approximate surface area is 144 Å². The molecule has 0 atom stereocenters. The van der Waals surface area contributed by atoms with Gasteiger partial charge in [-0.3, -0.25) is 9.59 Å². The quantitative estimate of drug-likeness (QED) is 0.683. The van der Waals surface area contributed by atoms with Gasteiger partial charge in [-0.1, -0.05) is 12.1 Å². The number of nitrogens with one attached hydrogen (secondary N) is 1. The molecule has 6 nitrogen and oxygen atoms in total. The van der Waals surface area contributed by atoms with E-state index in [1.807, 2.05) is 0 Å². The number of halogens is 1. The lowest BCUT2D eigenvalue weighted by molar-refractivity contribution is -0.120. The lowest BCUT2D eigenvalue weighted by Gasteiger charge is -2.08. The third kappa shape index (κ3) is 6.50. The van der Waals surface area contributed by atoms with Crippen LogP contribution < -0.4 is 20.5 Å². The van der Waals surface area contributed by atoms with Gasteiger partial charge in [-0.25, -0.2) is 4.39 Å². The Morgan fingerprint density at radius 2 is 1.76 bits per heavy atom. The summed E-state index contributed by atoms with van der Waals surface area (Å²) >= 11 is 0. The fraction of sp³-hybridized carbons (Fsp3) is 0.222. The van der Waals surface area contributed by atoms with Crippen molar-refractivity contribution in [2.45, 2.75) is 12.8 Å². The van der Waals surface area contributed by atoms with Crippen LogP contribution in [-0.2, 0) is 9.59 Å². The number of para-hydroxylation sites is 1. The van der Waals surface area contributed by atoms with Gasteiger partial charge in [0.25, 0.3) is 5.91 Å². The summed E-state index contributed by atoms with van der Waals surface area (Å²) in [5.41, 5.74) is 5.59. The fourth-order valence-corrected chi connectivity index (χ4v) is 1.99. The molecule has 0 radical (unpaired) electrons. The van der Waals surface area contributed by atoms with Gasteiger partial charge in [-0.2, -0.15) is 0 Å². The van der Waals surface area contributed by atoms with Crippen LogP contribution in [0.1, 0.15) is 12.8 Å². The van der Waals surface area contributed by atoms with E-state index >= 15 is 0 Å². The molecule has 2 aromatic carbocycles. The van der Waals surface area contributed by atoms with Crippen LogP contribution in [0.15, 0.2) is 48.5 Å². The molecule has 7 heteroatoms. The molecule has 0 spiro atoms. The van der Waals surface area contributed by atoms with E-state index < -0.39 is 11.7 Å². The van der Waals surface area contributed by atoms with Crippen molar-refractivity contribution in [2.75, 3.05) is 18.5 Å². The number of anilines is 1. The van der Waals surface area contributed by atoms with E-state index in [0.29, 0.717) is 17.9 Å². The molecule has 0 bridgehead atoms. The highest BCUT2D eigenvalue weighted by molar-refractivity contribution is 5.90. The highest BCUT2D eigenvalue weighted by Crippen LogP contribution is 2.17. The molecule has 132 valence electrons. The molecule has 2 rings (SSSR count). The Morgan fingerprint density at radius 3 is 2.44 bits per heavy atom. The largest absolute Gasteiger partial charge is 0.491 e. The van der Waals surface area contributed by atoms with Crippen LogP contribution >= 0.6 is 0 Å². The van der Waals surface area contributed by atoms with Crippen LogP contribution in [0.2, 0.25) is 0 Å². The molecule has 3 N–H and O–H groups in total. The molecular weight excluding hydrogens is 327 g/mol. The summed E-state index contributed by atoms with van der Waals surface area (Å²) in [6.45, 7) is 0.0436. The molecule has 2 aromatic rings. The maximum absolute atomic E-state index is 13.4. The zero-order valence-electron chi connectivity index (χ0n) is 13.5. The first-order chi connectivity index (χ1) is 12.0. The van der Waals surface area contributed by atoms with E-state index in [2.05, 4.69) is 5.32 Å². The Balaban J connectivity index is 1.69. The van der Waals surface area contributed by atoms with E-state index in [0.717, 1.165) is 0 Å². The van der Waals surface area contributed by atoms with E-state index in [4.69, 9.17) is 15.2 Å². The van der Waals surface area contributed by atoms with Crippen LogP contribution in [0.3, 0.4) is 0 Å². The molecule has 0 saturated heterocycles. The number of rotatable bonds is 9. The van der Waals surface area contributed by atoms with E-state index in [1.54, 1.807) is 36.4 Å². The van der Waals surface area contributed by atoms with Crippen molar-refractivity contribution in [1.82, 2.24) is 0 Å². The Kier molecular flexibility index (Phi) is 6.76. The minimum absolute atomic E-state index is 0.175. The molecule has 0 aliphatic rings. The lowest BCUT2D eigenvalue weighted by Crippen LogP contribution is -2.20. The summed E-state index contributed by atoms with van der Waals surface area (Å²) in [5, 5.41) is 2.73. The van der Waals surface area contributed by atoms with Gasteiger partial charge in [-0.15, -0.1) is 0 Å². The van der Waals surface area contributed by atoms with Crippen LogP contribution in [0.25, 0.3) is 0 Å². The predicted octanol–water partition coefficient (Wildman–Crippen LogP) is 2.49. The van der Waals surface area contributed by atoms with Crippen LogP contribution in [0, 0.1) is 5.82 Å². The van der Waals surface area contributed by atoms with Crippen LogP contribution in [0.4, 0.5) is 10.1 Å².